The van der Waals surface area contributed by atoms with Crippen molar-refractivity contribution < 1.29 is 19.0 Å². The van der Waals surface area contributed by atoms with Gasteiger partial charge in [-0.15, -0.1) is 0 Å². The number of carboxylic acid groups (broad SMARTS) is 1. The van der Waals surface area contributed by atoms with Crippen molar-refractivity contribution in [3.05, 3.63) is 39.4 Å². The van der Waals surface area contributed by atoms with Crippen LogP contribution in [0, 0.1) is 17.1 Å². The van der Waals surface area contributed by atoms with Gasteiger partial charge in [0.25, 0.3) is 0 Å². The fraction of sp³-hybridized carbons (Fsp3) is 0.267. The zero-order valence-corrected chi connectivity index (χ0v) is 11.6. The smallest absolute Gasteiger partial charge is 0.341 e. The zero-order chi connectivity index (χ0) is 16.0. The summed E-state index contributed by atoms with van der Waals surface area (Å²) >= 11 is 0. The zero-order valence-electron chi connectivity index (χ0n) is 11.6. The molecule has 22 heavy (non-hydrogen) atoms. The van der Waals surface area contributed by atoms with Crippen LogP contribution in [0.2, 0.25) is 0 Å². The molecule has 0 bridgehead atoms. The van der Waals surface area contributed by atoms with E-state index in [1.165, 1.54) is 6.20 Å². The Morgan fingerprint density at radius 1 is 1.64 bits per heavy atom. The summed E-state index contributed by atoms with van der Waals surface area (Å²) in [5.41, 5.74) is -0.765. The predicted molar refractivity (Wildman–Crippen MR) is 74.6 cm³/mol. The molecule has 6 nitrogen and oxygen atoms in total. The Morgan fingerprint density at radius 2 is 2.36 bits per heavy atom. The van der Waals surface area contributed by atoms with Gasteiger partial charge in [0.1, 0.15) is 18.0 Å². The Bertz CT molecular complexity index is 911. The molecule has 1 aromatic carbocycles. The van der Waals surface area contributed by atoms with E-state index in [9.17, 15) is 14.0 Å². The number of aromatic carboxylic acids is 1. The molecule has 3 rings (SSSR count). The Morgan fingerprint density at radius 3 is 3.00 bits per heavy atom. The summed E-state index contributed by atoms with van der Waals surface area (Å²) in [6.45, 7) is 2.00. The fourth-order valence-corrected chi connectivity index (χ4v) is 2.68. The third-order valence-corrected chi connectivity index (χ3v) is 3.75. The molecule has 2 aromatic rings. The fourth-order valence-electron chi connectivity index (χ4n) is 2.68. The largest absolute Gasteiger partial charge is 0.489 e. The lowest BCUT2D eigenvalue weighted by Gasteiger charge is -2.28. The van der Waals surface area contributed by atoms with Crippen LogP contribution in [0.3, 0.4) is 0 Å². The van der Waals surface area contributed by atoms with Gasteiger partial charge >= 0.3 is 5.97 Å². The first kappa shape index (κ1) is 14.1. The minimum absolute atomic E-state index is 0.0550. The Balaban J connectivity index is 2.52. The van der Waals surface area contributed by atoms with Gasteiger partial charge in [0, 0.05) is 11.8 Å². The molecule has 0 fully saturated rings. The number of halogens is 1. The standard InChI is InChI=1S/C15H11FN2O4/c1-7-6-22-14-8(2-3-17)11(16)4-9-12(14)18(7)5-10(13(9)19)15(20)21/h4-5,7H,2,6H2,1H3,(H,20,21)/t7-/m0/s1. The molecular formula is C15H11FN2O4. The quantitative estimate of drug-likeness (QED) is 0.914. The van der Waals surface area contributed by atoms with E-state index in [-0.39, 0.29) is 35.8 Å². The van der Waals surface area contributed by atoms with E-state index in [0.717, 1.165) is 6.07 Å². The minimum atomic E-state index is -1.36. The average molecular weight is 302 g/mol. The predicted octanol–water partition coefficient (Wildman–Crippen LogP) is 1.86. The SMILES string of the molecule is C[C@H]1COc2c(CC#N)c(F)cc3c(=O)c(C(=O)O)cn1c23. The van der Waals surface area contributed by atoms with Crippen molar-refractivity contribution >= 4 is 16.9 Å². The Hall–Kier alpha value is -2.88. The number of carbonyl (C=O) groups is 1. The molecule has 1 N–H and O–H groups in total. The van der Waals surface area contributed by atoms with Crippen LogP contribution < -0.4 is 10.2 Å². The van der Waals surface area contributed by atoms with Gasteiger partial charge in [-0.2, -0.15) is 5.26 Å². The molecule has 1 aliphatic rings. The summed E-state index contributed by atoms with van der Waals surface area (Å²) in [4.78, 5) is 23.5. The second kappa shape index (κ2) is 4.84. The Kier molecular flexibility index (Phi) is 3.10. The van der Waals surface area contributed by atoms with Gasteiger partial charge in [0.05, 0.1) is 29.4 Å². The highest BCUT2D eigenvalue weighted by Crippen LogP contribution is 2.36. The number of aromatic nitrogens is 1. The van der Waals surface area contributed by atoms with Gasteiger partial charge in [-0.1, -0.05) is 0 Å². The number of benzene rings is 1. The number of rotatable bonds is 2. The van der Waals surface area contributed by atoms with Crippen LogP contribution in [0.4, 0.5) is 4.39 Å². The van der Waals surface area contributed by atoms with Crippen LogP contribution in [-0.2, 0) is 6.42 Å². The summed E-state index contributed by atoms with van der Waals surface area (Å²) in [5, 5.41) is 17.9. The van der Waals surface area contributed by atoms with Crippen LogP contribution in [0.25, 0.3) is 10.9 Å². The van der Waals surface area contributed by atoms with E-state index < -0.39 is 22.8 Å². The number of ether oxygens (including phenoxy) is 1. The first-order valence-corrected chi connectivity index (χ1v) is 6.59. The lowest BCUT2D eigenvalue weighted by molar-refractivity contribution is 0.0694. The molecule has 0 unspecified atom stereocenters. The van der Waals surface area contributed by atoms with Crippen molar-refractivity contribution in [2.24, 2.45) is 0 Å². The lowest BCUT2D eigenvalue weighted by Crippen LogP contribution is -2.27. The summed E-state index contributed by atoms with van der Waals surface area (Å²) in [5.74, 6) is -1.97. The van der Waals surface area contributed by atoms with Gasteiger partial charge in [-0.25, -0.2) is 9.18 Å². The van der Waals surface area contributed by atoms with Crippen molar-refractivity contribution in [2.45, 2.75) is 19.4 Å². The number of hydrogen-bond donors (Lipinski definition) is 1. The summed E-state index contributed by atoms with van der Waals surface area (Å²) in [7, 11) is 0. The average Bonchev–Trinajstić information content (AvgIpc) is 2.47. The third-order valence-electron chi connectivity index (χ3n) is 3.75. The van der Waals surface area contributed by atoms with Gasteiger partial charge < -0.3 is 14.4 Å². The highest BCUT2D eigenvalue weighted by atomic mass is 19.1. The number of nitriles is 1. The Labute approximate surface area is 124 Å². The van der Waals surface area contributed by atoms with Crippen molar-refractivity contribution in [1.29, 1.82) is 5.26 Å². The molecule has 0 saturated carbocycles. The number of carboxylic acids is 1. The topological polar surface area (TPSA) is 92.3 Å². The molecule has 0 amide bonds. The number of pyridine rings is 1. The number of hydrogen-bond acceptors (Lipinski definition) is 4. The first-order chi connectivity index (χ1) is 10.5. The van der Waals surface area contributed by atoms with E-state index in [1.54, 1.807) is 11.5 Å². The molecule has 0 radical (unpaired) electrons. The third kappa shape index (κ3) is 1.84. The van der Waals surface area contributed by atoms with Crippen molar-refractivity contribution in [3.8, 4) is 11.8 Å². The lowest BCUT2D eigenvalue weighted by atomic mass is 10.0. The number of nitrogens with zero attached hydrogens (tertiary/aromatic N) is 2. The van der Waals surface area contributed by atoms with E-state index in [1.807, 2.05) is 6.07 Å². The molecule has 0 saturated heterocycles. The van der Waals surface area contributed by atoms with E-state index >= 15 is 0 Å². The van der Waals surface area contributed by atoms with Crippen molar-refractivity contribution in [2.75, 3.05) is 6.61 Å². The van der Waals surface area contributed by atoms with E-state index in [2.05, 4.69) is 0 Å². The van der Waals surface area contributed by atoms with E-state index in [0.29, 0.717) is 5.52 Å². The van der Waals surface area contributed by atoms with Gasteiger partial charge in [0.2, 0.25) is 5.43 Å². The summed E-state index contributed by atoms with van der Waals surface area (Å²) in [6.07, 6.45) is 1.05. The molecule has 112 valence electrons. The van der Waals surface area contributed by atoms with Crippen LogP contribution in [0.15, 0.2) is 17.1 Å². The monoisotopic (exact) mass is 302 g/mol. The molecule has 0 aliphatic carbocycles. The second-order valence-corrected chi connectivity index (χ2v) is 5.14. The van der Waals surface area contributed by atoms with Crippen molar-refractivity contribution in [3.63, 3.8) is 0 Å². The maximum Gasteiger partial charge on any atom is 0.341 e. The second-order valence-electron chi connectivity index (χ2n) is 5.14. The molecule has 1 aliphatic heterocycles. The van der Waals surface area contributed by atoms with Gasteiger partial charge in [-0.05, 0) is 13.0 Å². The van der Waals surface area contributed by atoms with Crippen molar-refractivity contribution in [1.82, 2.24) is 4.57 Å². The van der Waals surface area contributed by atoms with Crippen LogP contribution in [-0.4, -0.2) is 22.2 Å². The molecule has 1 aromatic heterocycles. The van der Waals surface area contributed by atoms with Crippen LogP contribution in [0.5, 0.6) is 5.75 Å². The molecule has 2 heterocycles. The molecular weight excluding hydrogens is 291 g/mol. The molecule has 7 heteroatoms. The maximum absolute atomic E-state index is 14.2. The highest BCUT2D eigenvalue weighted by molar-refractivity contribution is 5.95. The summed E-state index contributed by atoms with van der Waals surface area (Å²) in [6, 6.07) is 2.63. The summed E-state index contributed by atoms with van der Waals surface area (Å²) < 4.78 is 21.3. The normalized spacial score (nSPS) is 16.1. The van der Waals surface area contributed by atoms with Crippen LogP contribution in [0.1, 0.15) is 28.9 Å². The first-order valence-electron chi connectivity index (χ1n) is 6.59. The maximum atomic E-state index is 14.2. The van der Waals surface area contributed by atoms with Gasteiger partial charge in [-0.3, -0.25) is 4.79 Å². The minimum Gasteiger partial charge on any atom is -0.489 e. The van der Waals surface area contributed by atoms with Gasteiger partial charge in [0.15, 0.2) is 5.75 Å². The highest BCUT2D eigenvalue weighted by Gasteiger charge is 2.27. The molecule has 1 atom stereocenters. The van der Waals surface area contributed by atoms with E-state index in [4.69, 9.17) is 15.1 Å². The molecule has 0 spiro atoms. The van der Waals surface area contributed by atoms with Crippen LogP contribution >= 0.6 is 0 Å².